The van der Waals surface area contributed by atoms with Gasteiger partial charge in [0.05, 0.1) is 26.8 Å². The van der Waals surface area contributed by atoms with Gasteiger partial charge in [0.15, 0.2) is 4.80 Å². The van der Waals surface area contributed by atoms with Gasteiger partial charge in [-0.15, -0.1) is 6.42 Å². The summed E-state index contributed by atoms with van der Waals surface area (Å²) in [5.74, 6) is 2.26. The highest BCUT2D eigenvalue weighted by Crippen LogP contribution is 2.32. The summed E-state index contributed by atoms with van der Waals surface area (Å²) >= 11 is 13.8. The van der Waals surface area contributed by atoms with Crippen LogP contribution >= 0.6 is 34.5 Å². The molecule has 138 valence electrons. The molecular formula is C21H18Cl2N2OS. The molecule has 3 nitrogen and oxygen atoms in total. The van der Waals surface area contributed by atoms with Crippen molar-refractivity contribution >= 4 is 50.7 Å². The maximum atomic E-state index is 12.7. The number of hydrogen-bond donors (Lipinski definition) is 0. The standard InChI is InChI=1S/C21H18Cl2N2OS/c1-5-12-25-18-16(11-10-15(22)17(18)23)27-20(25)24-19(26)13-6-8-14(9-7-13)21(2,3)4/h1,6-11H,12H2,2-4H3. The summed E-state index contributed by atoms with van der Waals surface area (Å²) in [4.78, 5) is 17.5. The monoisotopic (exact) mass is 416 g/mol. The van der Waals surface area contributed by atoms with Crippen LogP contribution in [0.15, 0.2) is 41.4 Å². The molecule has 0 unspecified atom stereocenters. The molecule has 1 heterocycles. The van der Waals surface area contributed by atoms with E-state index >= 15 is 0 Å². The minimum atomic E-state index is -0.324. The Morgan fingerprint density at radius 3 is 2.44 bits per heavy atom. The van der Waals surface area contributed by atoms with Crippen LogP contribution in [-0.2, 0) is 12.0 Å². The van der Waals surface area contributed by atoms with Crippen LogP contribution in [0.5, 0.6) is 0 Å². The van der Waals surface area contributed by atoms with E-state index in [0.29, 0.717) is 25.9 Å². The highest BCUT2D eigenvalue weighted by Gasteiger charge is 2.16. The molecule has 0 bridgehead atoms. The predicted molar refractivity (Wildman–Crippen MR) is 114 cm³/mol. The lowest BCUT2D eigenvalue weighted by atomic mass is 9.87. The first-order valence-corrected chi connectivity index (χ1v) is 9.90. The molecule has 0 N–H and O–H groups in total. The van der Waals surface area contributed by atoms with Crippen LogP contribution in [0.2, 0.25) is 10.0 Å². The molecule has 6 heteroatoms. The molecule has 1 amide bonds. The van der Waals surface area contributed by atoms with E-state index in [1.54, 1.807) is 22.8 Å². The van der Waals surface area contributed by atoms with Crippen molar-refractivity contribution in [1.29, 1.82) is 0 Å². The number of hydrogen-bond acceptors (Lipinski definition) is 2. The Bertz CT molecular complexity index is 1130. The zero-order valence-corrected chi connectivity index (χ0v) is 17.5. The van der Waals surface area contributed by atoms with Gasteiger partial charge in [0.25, 0.3) is 5.91 Å². The number of carbonyl (C=O) groups excluding carboxylic acids is 1. The van der Waals surface area contributed by atoms with Crippen molar-refractivity contribution in [2.45, 2.75) is 32.7 Å². The molecule has 0 radical (unpaired) electrons. The van der Waals surface area contributed by atoms with Gasteiger partial charge in [0.1, 0.15) is 0 Å². The Hall–Kier alpha value is -2.06. The van der Waals surface area contributed by atoms with Gasteiger partial charge >= 0.3 is 0 Å². The molecule has 0 aliphatic rings. The summed E-state index contributed by atoms with van der Waals surface area (Å²) in [5.41, 5.74) is 2.40. The second-order valence-corrected chi connectivity index (χ2v) is 8.92. The van der Waals surface area contributed by atoms with E-state index in [2.05, 4.69) is 31.7 Å². The van der Waals surface area contributed by atoms with E-state index in [1.807, 2.05) is 18.2 Å². The van der Waals surface area contributed by atoms with Crippen LogP contribution in [0.1, 0.15) is 36.7 Å². The quantitative estimate of drug-likeness (QED) is 0.494. The molecule has 0 saturated heterocycles. The highest BCUT2D eigenvalue weighted by atomic mass is 35.5. The van der Waals surface area contributed by atoms with Gasteiger partial charge in [-0.05, 0) is 35.2 Å². The van der Waals surface area contributed by atoms with Crippen molar-refractivity contribution in [3.05, 3.63) is 62.4 Å². The molecule has 3 aromatic rings. The second-order valence-electron chi connectivity index (χ2n) is 7.13. The summed E-state index contributed by atoms with van der Waals surface area (Å²) < 4.78 is 2.62. The molecule has 0 spiro atoms. The highest BCUT2D eigenvalue weighted by molar-refractivity contribution is 7.16. The fraction of sp³-hybridized carbons (Fsp3) is 0.238. The fourth-order valence-corrected chi connectivity index (χ4v) is 4.20. The number of halogens is 2. The molecule has 2 aromatic carbocycles. The van der Waals surface area contributed by atoms with Crippen LogP contribution in [0.25, 0.3) is 10.2 Å². The van der Waals surface area contributed by atoms with Crippen LogP contribution < -0.4 is 4.80 Å². The maximum absolute atomic E-state index is 12.7. The Morgan fingerprint density at radius 2 is 1.85 bits per heavy atom. The third-order valence-electron chi connectivity index (χ3n) is 4.18. The molecule has 27 heavy (non-hydrogen) atoms. The number of carbonyl (C=O) groups is 1. The van der Waals surface area contributed by atoms with E-state index in [-0.39, 0.29) is 17.9 Å². The third-order valence-corrected chi connectivity index (χ3v) is 6.02. The SMILES string of the molecule is C#CCn1c(=NC(=O)c2ccc(C(C)(C)C)cc2)sc2ccc(Cl)c(Cl)c21. The maximum Gasteiger partial charge on any atom is 0.279 e. The van der Waals surface area contributed by atoms with Crippen molar-refractivity contribution in [3.8, 4) is 12.3 Å². The van der Waals surface area contributed by atoms with Gasteiger partial charge in [0.2, 0.25) is 0 Å². The number of terminal acetylenes is 1. The minimum absolute atomic E-state index is 0.0238. The fourth-order valence-electron chi connectivity index (χ4n) is 2.69. The lowest BCUT2D eigenvalue weighted by Gasteiger charge is -2.18. The van der Waals surface area contributed by atoms with Gasteiger partial charge in [-0.3, -0.25) is 4.79 Å². The minimum Gasteiger partial charge on any atom is -0.303 e. The van der Waals surface area contributed by atoms with Crippen molar-refractivity contribution < 1.29 is 4.79 Å². The Kier molecular flexibility index (Phi) is 5.48. The van der Waals surface area contributed by atoms with Gasteiger partial charge in [0, 0.05) is 5.56 Å². The van der Waals surface area contributed by atoms with E-state index in [0.717, 1.165) is 10.3 Å². The number of benzene rings is 2. The predicted octanol–water partition coefficient (Wildman–Crippen LogP) is 5.68. The molecule has 0 aliphatic carbocycles. The van der Waals surface area contributed by atoms with Gasteiger partial charge in [-0.1, -0.05) is 73.4 Å². The molecule has 0 atom stereocenters. The lowest BCUT2D eigenvalue weighted by Crippen LogP contribution is -2.17. The van der Waals surface area contributed by atoms with E-state index < -0.39 is 0 Å². The first-order valence-electron chi connectivity index (χ1n) is 8.33. The normalized spacial score (nSPS) is 12.4. The zero-order chi connectivity index (χ0) is 19.8. The third kappa shape index (κ3) is 3.96. The first kappa shape index (κ1) is 19.7. The summed E-state index contributed by atoms with van der Waals surface area (Å²) in [6, 6.07) is 11.1. The van der Waals surface area contributed by atoms with Gasteiger partial charge in [-0.25, -0.2) is 0 Å². The lowest BCUT2D eigenvalue weighted by molar-refractivity contribution is 0.0998. The molecule has 1 aromatic heterocycles. The van der Waals surface area contributed by atoms with E-state index in [4.69, 9.17) is 29.6 Å². The van der Waals surface area contributed by atoms with E-state index in [9.17, 15) is 4.79 Å². The first-order chi connectivity index (χ1) is 12.7. The van der Waals surface area contributed by atoms with Crippen LogP contribution in [-0.4, -0.2) is 10.5 Å². The number of rotatable bonds is 2. The number of thiazole rings is 1. The van der Waals surface area contributed by atoms with Gasteiger partial charge < -0.3 is 4.57 Å². The zero-order valence-electron chi connectivity index (χ0n) is 15.2. The number of amides is 1. The average molecular weight is 417 g/mol. The largest absolute Gasteiger partial charge is 0.303 e. The Morgan fingerprint density at radius 1 is 1.19 bits per heavy atom. The second kappa shape index (κ2) is 7.52. The van der Waals surface area contributed by atoms with Crippen molar-refractivity contribution in [1.82, 2.24) is 4.57 Å². The summed E-state index contributed by atoms with van der Waals surface area (Å²) in [5, 5.41) is 0.840. The summed E-state index contributed by atoms with van der Waals surface area (Å²) in [7, 11) is 0. The van der Waals surface area contributed by atoms with Crippen molar-refractivity contribution in [2.75, 3.05) is 0 Å². The summed E-state index contributed by atoms with van der Waals surface area (Å²) in [6.45, 7) is 6.63. The molecular weight excluding hydrogens is 399 g/mol. The van der Waals surface area contributed by atoms with Crippen LogP contribution in [0.3, 0.4) is 0 Å². The number of nitrogens with zero attached hydrogens (tertiary/aromatic N) is 2. The molecule has 3 rings (SSSR count). The van der Waals surface area contributed by atoms with Crippen molar-refractivity contribution in [3.63, 3.8) is 0 Å². The number of aromatic nitrogens is 1. The average Bonchev–Trinajstić information content (AvgIpc) is 2.96. The number of fused-ring (bicyclic) bond motifs is 1. The van der Waals surface area contributed by atoms with E-state index in [1.165, 1.54) is 11.3 Å². The van der Waals surface area contributed by atoms with Gasteiger partial charge in [-0.2, -0.15) is 4.99 Å². The van der Waals surface area contributed by atoms with Crippen molar-refractivity contribution in [2.24, 2.45) is 4.99 Å². The summed E-state index contributed by atoms with van der Waals surface area (Å²) in [6.07, 6.45) is 5.50. The Balaban J connectivity index is 2.10. The smallest absolute Gasteiger partial charge is 0.279 e. The van der Waals surface area contributed by atoms with Crippen LogP contribution in [0.4, 0.5) is 0 Å². The molecule has 0 aliphatic heterocycles. The molecule has 0 saturated carbocycles. The van der Waals surface area contributed by atoms with Crippen LogP contribution in [0, 0.1) is 12.3 Å². The topological polar surface area (TPSA) is 34.4 Å². The molecule has 0 fully saturated rings. The Labute approximate surface area is 172 Å².